The van der Waals surface area contributed by atoms with Gasteiger partial charge in [0.05, 0.1) is 12.7 Å². The van der Waals surface area contributed by atoms with Gasteiger partial charge in [0.15, 0.2) is 11.6 Å². The summed E-state index contributed by atoms with van der Waals surface area (Å²) >= 11 is 0. The van der Waals surface area contributed by atoms with Crippen molar-refractivity contribution in [1.82, 2.24) is 39.9 Å². The molecule has 4 rings (SSSR count). The number of aryl methyl sites for hydroxylation is 1. The second-order valence-corrected chi connectivity index (χ2v) is 6.09. The van der Waals surface area contributed by atoms with E-state index in [0.717, 1.165) is 23.2 Å². The Bertz CT molecular complexity index is 1090. The number of urea groups is 1. The first-order valence-electron chi connectivity index (χ1n) is 8.92. The molecule has 0 saturated heterocycles. The molecule has 0 aliphatic carbocycles. The number of fused-ring (bicyclic) bond motifs is 1. The minimum absolute atomic E-state index is 0.341. The molecule has 4 aromatic rings. The lowest BCUT2D eigenvalue weighted by Gasteiger charge is -2.04. The third kappa shape index (κ3) is 3.95. The molecule has 0 unspecified atom stereocenters. The van der Waals surface area contributed by atoms with Crippen molar-refractivity contribution in [3.05, 3.63) is 54.9 Å². The smallest absolute Gasteiger partial charge is 0.320 e. The largest absolute Gasteiger partial charge is 0.336 e. The highest BCUT2D eigenvalue weighted by Crippen LogP contribution is 2.20. The van der Waals surface area contributed by atoms with E-state index in [2.05, 4.69) is 36.0 Å². The highest BCUT2D eigenvalue weighted by Gasteiger charge is 2.08. The Hall–Kier alpha value is -3.82. The van der Waals surface area contributed by atoms with Crippen LogP contribution >= 0.6 is 0 Å². The second-order valence-electron chi connectivity index (χ2n) is 6.09. The highest BCUT2D eigenvalue weighted by atomic mass is 16.2. The SMILES string of the molecule is CCc1nnn(CCNC(=O)Nc2cn3cc(-c4cccnc4)ccc3n2)n1. The zero-order valence-corrected chi connectivity index (χ0v) is 15.3. The first kappa shape index (κ1) is 17.6. The van der Waals surface area contributed by atoms with Crippen LogP contribution in [0.4, 0.5) is 10.6 Å². The molecule has 0 atom stereocenters. The summed E-state index contributed by atoms with van der Waals surface area (Å²) in [4.78, 5) is 22.1. The van der Waals surface area contributed by atoms with Crippen LogP contribution in [0.25, 0.3) is 16.8 Å². The van der Waals surface area contributed by atoms with Crippen LogP contribution in [0.15, 0.2) is 49.1 Å². The number of nitrogens with zero attached hydrogens (tertiary/aromatic N) is 7. The van der Waals surface area contributed by atoms with Gasteiger partial charge in [-0.25, -0.2) is 9.78 Å². The fourth-order valence-electron chi connectivity index (χ4n) is 2.70. The second kappa shape index (κ2) is 7.82. The van der Waals surface area contributed by atoms with E-state index >= 15 is 0 Å². The fourth-order valence-corrected chi connectivity index (χ4v) is 2.70. The zero-order chi connectivity index (χ0) is 19.3. The van der Waals surface area contributed by atoms with Crippen molar-refractivity contribution >= 4 is 17.5 Å². The average Bonchev–Trinajstić information content (AvgIpc) is 3.34. The average molecular weight is 377 g/mol. The zero-order valence-electron chi connectivity index (χ0n) is 15.3. The Morgan fingerprint density at radius 3 is 2.89 bits per heavy atom. The van der Waals surface area contributed by atoms with Crippen LogP contribution in [0.3, 0.4) is 0 Å². The van der Waals surface area contributed by atoms with Crippen LogP contribution in [-0.4, -0.2) is 47.2 Å². The molecular weight excluding hydrogens is 358 g/mol. The summed E-state index contributed by atoms with van der Waals surface area (Å²) in [7, 11) is 0. The number of tetrazole rings is 1. The number of amides is 2. The predicted molar refractivity (Wildman–Crippen MR) is 103 cm³/mol. The molecule has 2 N–H and O–H groups in total. The molecule has 4 heterocycles. The molecule has 0 fully saturated rings. The van der Waals surface area contributed by atoms with Gasteiger partial charge in [-0.15, -0.1) is 10.2 Å². The Morgan fingerprint density at radius 1 is 1.18 bits per heavy atom. The van der Waals surface area contributed by atoms with E-state index in [1.165, 1.54) is 4.80 Å². The van der Waals surface area contributed by atoms with Crippen LogP contribution < -0.4 is 10.6 Å². The molecule has 0 radical (unpaired) electrons. The van der Waals surface area contributed by atoms with Crippen molar-refractivity contribution < 1.29 is 4.79 Å². The number of anilines is 1. The Kier molecular flexibility index (Phi) is 4.91. The van der Waals surface area contributed by atoms with Gasteiger partial charge in [-0.1, -0.05) is 13.0 Å². The van der Waals surface area contributed by atoms with Gasteiger partial charge in [0.2, 0.25) is 0 Å². The molecule has 10 nitrogen and oxygen atoms in total. The van der Waals surface area contributed by atoms with Crippen molar-refractivity contribution in [3.8, 4) is 11.1 Å². The fraction of sp³-hybridized carbons (Fsp3) is 0.222. The number of pyridine rings is 2. The molecule has 4 aromatic heterocycles. The summed E-state index contributed by atoms with van der Waals surface area (Å²) in [6.45, 7) is 2.78. The van der Waals surface area contributed by atoms with Crippen LogP contribution in [-0.2, 0) is 13.0 Å². The summed E-state index contributed by atoms with van der Waals surface area (Å²) in [6, 6.07) is 7.41. The van der Waals surface area contributed by atoms with E-state index < -0.39 is 0 Å². The van der Waals surface area contributed by atoms with Crippen molar-refractivity contribution in [2.45, 2.75) is 19.9 Å². The first-order valence-corrected chi connectivity index (χ1v) is 8.92. The maximum Gasteiger partial charge on any atom is 0.320 e. The maximum absolute atomic E-state index is 12.1. The standard InChI is InChI=1S/C18H19N9O/c1-2-15-23-25-27(24-15)9-8-20-18(28)22-16-12-26-11-14(5-6-17(26)21-16)13-4-3-7-19-10-13/h3-7,10-12H,2,8-9H2,1H3,(H2,20,22,28). The number of rotatable bonds is 6. The molecule has 142 valence electrons. The number of imidazole rings is 1. The molecule has 28 heavy (non-hydrogen) atoms. The summed E-state index contributed by atoms with van der Waals surface area (Å²) in [5, 5.41) is 17.5. The van der Waals surface area contributed by atoms with E-state index in [9.17, 15) is 4.79 Å². The van der Waals surface area contributed by atoms with Gasteiger partial charge < -0.3 is 9.72 Å². The lowest BCUT2D eigenvalue weighted by molar-refractivity contribution is 0.251. The third-order valence-electron chi connectivity index (χ3n) is 4.10. The Labute approximate surface area is 160 Å². The van der Waals surface area contributed by atoms with Crippen molar-refractivity contribution in [1.29, 1.82) is 0 Å². The van der Waals surface area contributed by atoms with Crippen molar-refractivity contribution in [2.75, 3.05) is 11.9 Å². The van der Waals surface area contributed by atoms with E-state index in [1.54, 1.807) is 18.6 Å². The highest BCUT2D eigenvalue weighted by molar-refractivity contribution is 5.88. The molecule has 0 saturated carbocycles. The topological polar surface area (TPSA) is 115 Å². The Morgan fingerprint density at radius 2 is 2.11 bits per heavy atom. The maximum atomic E-state index is 12.1. The number of hydrogen-bond acceptors (Lipinski definition) is 6. The quantitative estimate of drug-likeness (QED) is 0.529. The molecule has 2 amide bonds. The van der Waals surface area contributed by atoms with E-state index in [1.807, 2.05) is 41.8 Å². The van der Waals surface area contributed by atoms with Crippen LogP contribution in [0, 0.1) is 0 Å². The first-order chi connectivity index (χ1) is 13.7. The van der Waals surface area contributed by atoms with Gasteiger partial charge in [0.25, 0.3) is 0 Å². The molecule has 0 aliphatic heterocycles. The van der Waals surface area contributed by atoms with Gasteiger partial charge in [0, 0.05) is 37.1 Å². The third-order valence-corrected chi connectivity index (χ3v) is 4.10. The van der Waals surface area contributed by atoms with Crippen molar-refractivity contribution in [3.63, 3.8) is 0 Å². The minimum Gasteiger partial charge on any atom is -0.336 e. The van der Waals surface area contributed by atoms with Gasteiger partial charge >= 0.3 is 6.03 Å². The number of aromatic nitrogens is 7. The number of carbonyl (C=O) groups excluding carboxylic acids is 1. The summed E-state index contributed by atoms with van der Waals surface area (Å²) < 4.78 is 1.86. The molecule has 0 aliphatic rings. The number of hydrogen-bond donors (Lipinski definition) is 2. The Balaban J connectivity index is 1.36. The molecule has 0 aromatic carbocycles. The number of nitrogens with one attached hydrogen (secondary N) is 2. The van der Waals surface area contributed by atoms with Gasteiger partial charge in [-0.2, -0.15) is 4.80 Å². The van der Waals surface area contributed by atoms with E-state index in [4.69, 9.17) is 0 Å². The molecule has 10 heteroatoms. The molecule has 0 spiro atoms. The minimum atomic E-state index is -0.341. The van der Waals surface area contributed by atoms with Crippen LogP contribution in [0.5, 0.6) is 0 Å². The van der Waals surface area contributed by atoms with E-state index in [-0.39, 0.29) is 6.03 Å². The summed E-state index contributed by atoms with van der Waals surface area (Å²) in [5.74, 6) is 1.15. The van der Waals surface area contributed by atoms with Gasteiger partial charge in [-0.05, 0) is 29.0 Å². The normalized spacial score (nSPS) is 10.9. The molecule has 0 bridgehead atoms. The number of carbonyl (C=O) groups is 1. The van der Waals surface area contributed by atoms with Crippen LogP contribution in [0.1, 0.15) is 12.7 Å². The van der Waals surface area contributed by atoms with Crippen molar-refractivity contribution in [2.24, 2.45) is 0 Å². The van der Waals surface area contributed by atoms with E-state index in [0.29, 0.717) is 24.7 Å². The summed E-state index contributed by atoms with van der Waals surface area (Å²) in [5.41, 5.74) is 2.76. The predicted octanol–water partition coefficient (Wildman–Crippen LogP) is 1.77. The monoisotopic (exact) mass is 377 g/mol. The van der Waals surface area contributed by atoms with Crippen LogP contribution in [0.2, 0.25) is 0 Å². The van der Waals surface area contributed by atoms with Gasteiger partial charge in [-0.3, -0.25) is 10.3 Å². The lowest BCUT2D eigenvalue weighted by atomic mass is 10.1. The molecular formula is C18H19N9O. The van der Waals surface area contributed by atoms with Gasteiger partial charge in [0.1, 0.15) is 5.65 Å². The summed E-state index contributed by atoms with van der Waals surface area (Å²) in [6.07, 6.45) is 7.98. The lowest BCUT2D eigenvalue weighted by Crippen LogP contribution is -2.32.